The number of rotatable bonds is 5. The van der Waals surface area contributed by atoms with Crippen molar-refractivity contribution in [2.75, 3.05) is 11.9 Å². The number of aliphatic hydroxyl groups excluding tert-OH is 1. The van der Waals surface area contributed by atoms with E-state index in [9.17, 15) is 9.90 Å². The lowest BCUT2D eigenvalue weighted by molar-refractivity contribution is 0.0714. The molecule has 2 atom stereocenters. The number of amides is 1. The predicted octanol–water partition coefficient (Wildman–Crippen LogP) is 1.94. The molecule has 5 nitrogen and oxygen atoms in total. The van der Waals surface area contributed by atoms with Gasteiger partial charge in [-0.15, -0.1) is 0 Å². The highest BCUT2D eigenvalue weighted by Crippen LogP contribution is 2.18. The van der Waals surface area contributed by atoms with E-state index in [4.69, 9.17) is 0 Å². The van der Waals surface area contributed by atoms with E-state index in [1.54, 1.807) is 12.3 Å². The Labute approximate surface area is 119 Å². The molecule has 0 aliphatic heterocycles. The Morgan fingerprint density at radius 3 is 2.85 bits per heavy atom. The predicted molar refractivity (Wildman–Crippen MR) is 78.7 cm³/mol. The van der Waals surface area contributed by atoms with Gasteiger partial charge in [0, 0.05) is 6.54 Å². The van der Waals surface area contributed by atoms with Crippen molar-refractivity contribution in [3.05, 3.63) is 24.0 Å². The molecular weight excluding hydrogens is 254 g/mol. The molecule has 110 valence electrons. The third-order valence-corrected chi connectivity index (χ3v) is 3.62. The normalized spacial score (nSPS) is 22.3. The van der Waals surface area contributed by atoms with Gasteiger partial charge >= 0.3 is 0 Å². The van der Waals surface area contributed by atoms with Crippen molar-refractivity contribution in [3.63, 3.8) is 0 Å². The molecule has 0 aromatic carbocycles. The molecule has 1 fully saturated rings. The van der Waals surface area contributed by atoms with Gasteiger partial charge in [0.05, 0.1) is 24.0 Å². The molecule has 3 N–H and O–H groups in total. The molecule has 5 heteroatoms. The van der Waals surface area contributed by atoms with Crippen LogP contribution in [0.4, 0.5) is 5.69 Å². The first kappa shape index (κ1) is 14.8. The number of anilines is 1. The fourth-order valence-corrected chi connectivity index (χ4v) is 2.42. The number of nitrogens with one attached hydrogen (secondary N) is 2. The topological polar surface area (TPSA) is 74.2 Å². The van der Waals surface area contributed by atoms with Crippen LogP contribution in [-0.4, -0.2) is 34.7 Å². The molecule has 2 unspecified atom stereocenters. The van der Waals surface area contributed by atoms with Crippen LogP contribution in [-0.2, 0) is 0 Å². The second-order valence-corrected chi connectivity index (χ2v) is 5.29. The summed E-state index contributed by atoms with van der Waals surface area (Å²) in [5, 5.41) is 16.0. The summed E-state index contributed by atoms with van der Waals surface area (Å²) >= 11 is 0. The number of pyridine rings is 1. The molecule has 1 aromatic rings. The minimum atomic E-state index is -0.432. The van der Waals surface area contributed by atoms with Crippen LogP contribution in [0, 0.1) is 0 Å². The van der Waals surface area contributed by atoms with Gasteiger partial charge < -0.3 is 15.7 Å². The molecule has 0 spiro atoms. The van der Waals surface area contributed by atoms with Crippen molar-refractivity contribution < 1.29 is 9.90 Å². The van der Waals surface area contributed by atoms with E-state index in [1.807, 2.05) is 6.07 Å². The van der Waals surface area contributed by atoms with Crippen molar-refractivity contribution in [2.45, 2.75) is 51.2 Å². The number of aromatic nitrogens is 1. The number of carbonyl (C=O) groups excluding carboxylic acids is 1. The third-order valence-electron chi connectivity index (χ3n) is 3.62. The van der Waals surface area contributed by atoms with Gasteiger partial charge in [0.1, 0.15) is 5.69 Å². The summed E-state index contributed by atoms with van der Waals surface area (Å²) in [6.45, 7) is 2.99. The lowest BCUT2D eigenvalue weighted by atomic mass is 9.92. The van der Waals surface area contributed by atoms with Crippen molar-refractivity contribution in [1.29, 1.82) is 0 Å². The summed E-state index contributed by atoms with van der Waals surface area (Å²) in [4.78, 5) is 16.2. The van der Waals surface area contributed by atoms with Gasteiger partial charge in [-0.05, 0) is 31.4 Å². The summed E-state index contributed by atoms with van der Waals surface area (Å²) in [6.07, 6.45) is 5.96. The molecule has 20 heavy (non-hydrogen) atoms. The summed E-state index contributed by atoms with van der Waals surface area (Å²) in [7, 11) is 0. The van der Waals surface area contributed by atoms with E-state index in [0.717, 1.165) is 44.3 Å². The van der Waals surface area contributed by atoms with Crippen LogP contribution in [0.1, 0.15) is 49.5 Å². The fourth-order valence-electron chi connectivity index (χ4n) is 2.42. The lowest BCUT2D eigenvalue weighted by Gasteiger charge is -2.28. The Morgan fingerprint density at radius 2 is 2.20 bits per heavy atom. The average Bonchev–Trinajstić information content (AvgIpc) is 2.48. The second-order valence-electron chi connectivity index (χ2n) is 5.29. The summed E-state index contributed by atoms with van der Waals surface area (Å²) in [6, 6.07) is 3.42. The van der Waals surface area contributed by atoms with Gasteiger partial charge in [0.15, 0.2) is 0 Å². The average molecular weight is 277 g/mol. The summed E-state index contributed by atoms with van der Waals surface area (Å²) < 4.78 is 0. The molecule has 1 heterocycles. The van der Waals surface area contributed by atoms with Crippen LogP contribution in [0.2, 0.25) is 0 Å². The first-order chi connectivity index (χ1) is 9.70. The molecule has 1 amide bonds. The summed E-state index contributed by atoms with van der Waals surface area (Å²) in [5.41, 5.74) is 1.31. The zero-order chi connectivity index (χ0) is 14.4. The van der Waals surface area contributed by atoms with Gasteiger partial charge in [-0.25, -0.2) is 4.98 Å². The van der Waals surface area contributed by atoms with E-state index in [2.05, 4.69) is 22.5 Å². The molecule has 0 radical (unpaired) electrons. The molecular formula is C15H23N3O2. The number of hydrogen-bond donors (Lipinski definition) is 3. The Kier molecular flexibility index (Phi) is 5.35. The largest absolute Gasteiger partial charge is 0.391 e. The second kappa shape index (κ2) is 7.24. The monoisotopic (exact) mass is 277 g/mol. The van der Waals surface area contributed by atoms with Gasteiger partial charge in [-0.1, -0.05) is 19.8 Å². The molecule has 1 aliphatic rings. The number of carbonyl (C=O) groups is 1. The quantitative estimate of drug-likeness (QED) is 0.769. The first-order valence-corrected chi connectivity index (χ1v) is 7.39. The van der Waals surface area contributed by atoms with Crippen LogP contribution in [0.5, 0.6) is 0 Å². The zero-order valence-corrected chi connectivity index (χ0v) is 11.9. The maximum Gasteiger partial charge on any atom is 0.270 e. The molecule has 1 aliphatic carbocycles. The Bertz CT molecular complexity index is 433. The highest BCUT2D eigenvalue weighted by molar-refractivity contribution is 5.92. The van der Waals surface area contributed by atoms with Crippen LogP contribution < -0.4 is 10.6 Å². The van der Waals surface area contributed by atoms with Crippen molar-refractivity contribution >= 4 is 11.6 Å². The minimum absolute atomic E-state index is 0.143. The zero-order valence-electron chi connectivity index (χ0n) is 11.9. The SMILES string of the molecule is CCCNc1ccc(C(=O)NC2CCCCC2O)nc1. The Balaban J connectivity index is 1.91. The van der Waals surface area contributed by atoms with Gasteiger partial charge in [-0.2, -0.15) is 0 Å². The Hall–Kier alpha value is -1.62. The van der Waals surface area contributed by atoms with E-state index >= 15 is 0 Å². The number of nitrogens with zero attached hydrogens (tertiary/aromatic N) is 1. The van der Waals surface area contributed by atoms with Crippen molar-refractivity contribution in [2.24, 2.45) is 0 Å². The molecule has 0 bridgehead atoms. The van der Waals surface area contributed by atoms with Crippen LogP contribution >= 0.6 is 0 Å². The molecule has 0 saturated heterocycles. The standard InChI is InChI=1S/C15H23N3O2/c1-2-9-16-11-7-8-13(17-10-11)15(20)18-12-5-3-4-6-14(12)19/h7-8,10,12,14,16,19H,2-6,9H2,1H3,(H,18,20). The highest BCUT2D eigenvalue weighted by Gasteiger charge is 2.25. The minimum Gasteiger partial charge on any atom is -0.391 e. The first-order valence-electron chi connectivity index (χ1n) is 7.39. The summed E-state index contributed by atoms with van der Waals surface area (Å²) in [5.74, 6) is -0.210. The molecule has 2 rings (SSSR count). The maximum absolute atomic E-state index is 12.1. The highest BCUT2D eigenvalue weighted by atomic mass is 16.3. The van der Waals surface area contributed by atoms with E-state index in [-0.39, 0.29) is 11.9 Å². The van der Waals surface area contributed by atoms with Crippen LogP contribution in [0.15, 0.2) is 18.3 Å². The van der Waals surface area contributed by atoms with Gasteiger partial charge in [-0.3, -0.25) is 4.79 Å². The Morgan fingerprint density at radius 1 is 1.40 bits per heavy atom. The molecule has 1 aromatic heterocycles. The van der Waals surface area contributed by atoms with E-state index in [1.165, 1.54) is 0 Å². The van der Waals surface area contributed by atoms with Crippen molar-refractivity contribution in [3.8, 4) is 0 Å². The fraction of sp³-hybridized carbons (Fsp3) is 0.600. The lowest BCUT2D eigenvalue weighted by Crippen LogP contribution is -2.45. The number of aliphatic hydroxyl groups is 1. The van der Waals surface area contributed by atoms with Crippen LogP contribution in [0.25, 0.3) is 0 Å². The third kappa shape index (κ3) is 3.93. The van der Waals surface area contributed by atoms with E-state index in [0.29, 0.717) is 5.69 Å². The smallest absolute Gasteiger partial charge is 0.270 e. The number of hydrogen-bond acceptors (Lipinski definition) is 4. The van der Waals surface area contributed by atoms with Crippen molar-refractivity contribution in [1.82, 2.24) is 10.3 Å². The van der Waals surface area contributed by atoms with E-state index < -0.39 is 6.10 Å². The molecule has 1 saturated carbocycles. The van der Waals surface area contributed by atoms with Gasteiger partial charge in [0.25, 0.3) is 5.91 Å². The maximum atomic E-state index is 12.1. The van der Waals surface area contributed by atoms with Gasteiger partial charge in [0.2, 0.25) is 0 Å². The van der Waals surface area contributed by atoms with Crippen LogP contribution in [0.3, 0.4) is 0 Å².